The Morgan fingerprint density at radius 2 is 2.03 bits per heavy atom. The summed E-state index contributed by atoms with van der Waals surface area (Å²) in [5, 5.41) is 1.92. The van der Waals surface area contributed by atoms with Crippen LogP contribution in [-0.2, 0) is 30.6 Å². The molecule has 2 aliphatic rings. The molecule has 0 N–H and O–H groups in total. The lowest BCUT2D eigenvalue weighted by Crippen LogP contribution is -2.48. The average molecular weight is 467 g/mol. The Morgan fingerprint density at radius 1 is 1.26 bits per heavy atom. The molecule has 10 heteroatoms. The lowest BCUT2D eigenvalue weighted by Gasteiger charge is -2.33. The first kappa shape index (κ1) is 22.0. The van der Waals surface area contributed by atoms with Crippen LogP contribution in [0.3, 0.4) is 0 Å². The topological polar surface area (TPSA) is 107 Å². The van der Waals surface area contributed by atoms with Gasteiger partial charge < -0.3 is 14.1 Å². The summed E-state index contributed by atoms with van der Waals surface area (Å²) in [6.07, 6.45) is 4.12. The minimum absolute atomic E-state index is 0.00713. The molecule has 2 fully saturated rings. The van der Waals surface area contributed by atoms with E-state index in [9.17, 15) is 18.0 Å². The van der Waals surface area contributed by atoms with Crippen molar-refractivity contribution >= 4 is 33.1 Å². The van der Waals surface area contributed by atoms with E-state index in [0.717, 1.165) is 30.6 Å². The number of hydrogen-bond acceptors (Lipinski definition) is 8. The van der Waals surface area contributed by atoms with Crippen LogP contribution in [0.1, 0.15) is 43.6 Å². The highest BCUT2D eigenvalue weighted by atomic mass is 32.2. The average Bonchev–Trinajstić information content (AvgIpc) is 3.50. The molecule has 1 unspecified atom stereocenters. The van der Waals surface area contributed by atoms with Crippen LogP contribution in [-0.4, -0.2) is 60.4 Å². The van der Waals surface area contributed by atoms with E-state index in [-0.39, 0.29) is 42.5 Å². The summed E-state index contributed by atoms with van der Waals surface area (Å²) in [4.78, 5) is 32.2. The SMILES string of the molecule is Cc1oc(-c2cccs2)nc1CC(=O)OCC(=O)N(C1CCCC1)C1CCS(=O)(=O)C1. The number of esters is 1. The summed E-state index contributed by atoms with van der Waals surface area (Å²) in [5.41, 5.74) is 0.482. The second kappa shape index (κ2) is 9.12. The number of carbonyl (C=O) groups is 2. The first-order chi connectivity index (χ1) is 14.8. The summed E-state index contributed by atoms with van der Waals surface area (Å²) >= 11 is 1.49. The Morgan fingerprint density at radius 3 is 2.68 bits per heavy atom. The van der Waals surface area contributed by atoms with Gasteiger partial charge in [0.15, 0.2) is 16.4 Å². The number of amides is 1. The number of oxazole rings is 1. The monoisotopic (exact) mass is 466 g/mol. The van der Waals surface area contributed by atoms with Crippen LogP contribution in [0.4, 0.5) is 0 Å². The summed E-state index contributed by atoms with van der Waals surface area (Å²) in [7, 11) is -3.12. The fourth-order valence-electron chi connectivity index (χ4n) is 4.38. The molecule has 2 aromatic rings. The number of carbonyl (C=O) groups excluding carboxylic acids is 2. The number of ether oxygens (including phenoxy) is 1. The Kier molecular flexibility index (Phi) is 6.47. The van der Waals surface area contributed by atoms with Crippen LogP contribution >= 0.6 is 11.3 Å². The number of aromatic nitrogens is 1. The summed E-state index contributed by atoms with van der Waals surface area (Å²) in [6, 6.07) is 3.48. The maximum absolute atomic E-state index is 12.9. The van der Waals surface area contributed by atoms with E-state index in [1.807, 2.05) is 17.5 Å². The molecule has 31 heavy (non-hydrogen) atoms. The number of thiophene rings is 1. The lowest BCUT2D eigenvalue weighted by molar-refractivity contribution is -0.153. The van der Waals surface area contributed by atoms with Crippen LogP contribution in [0.5, 0.6) is 0 Å². The zero-order valence-electron chi connectivity index (χ0n) is 17.4. The van der Waals surface area contributed by atoms with Crippen LogP contribution in [0, 0.1) is 6.92 Å². The predicted octanol–water partition coefficient (Wildman–Crippen LogP) is 2.76. The molecule has 1 atom stereocenters. The third kappa shape index (κ3) is 5.17. The molecule has 0 radical (unpaired) electrons. The number of hydrogen-bond donors (Lipinski definition) is 0. The maximum atomic E-state index is 12.9. The van der Waals surface area contributed by atoms with Crippen molar-refractivity contribution in [2.45, 2.75) is 57.5 Å². The molecule has 0 spiro atoms. The molecule has 1 aliphatic carbocycles. The lowest BCUT2D eigenvalue weighted by atomic mass is 10.1. The van der Waals surface area contributed by atoms with Crippen molar-refractivity contribution in [3.63, 3.8) is 0 Å². The van der Waals surface area contributed by atoms with Crippen LogP contribution in [0.15, 0.2) is 21.9 Å². The maximum Gasteiger partial charge on any atom is 0.312 e. The standard InChI is InChI=1S/C21H26N2O6S2/c1-14-17(22-21(29-14)18-7-4-9-30-18)11-20(25)28-12-19(24)23(15-5-2-3-6-15)16-8-10-31(26,27)13-16/h4,7,9,15-16H,2-3,5-6,8,10-13H2,1H3. The molecule has 0 aromatic carbocycles. The Hall–Kier alpha value is -2.20. The fourth-order valence-corrected chi connectivity index (χ4v) is 6.75. The van der Waals surface area contributed by atoms with Gasteiger partial charge in [0.1, 0.15) is 5.76 Å². The number of aryl methyl sites for hydroxylation is 1. The number of nitrogens with zero attached hydrogens (tertiary/aromatic N) is 2. The van der Waals surface area contributed by atoms with Crippen molar-refractivity contribution in [2.24, 2.45) is 0 Å². The van der Waals surface area contributed by atoms with E-state index in [1.54, 1.807) is 11.8 Å². The third-order valence-electron chi connectivity index (χ3n) is 5.90. The highest BCUT2D eigenvalue weighted by molar-refractivity contribution is 7.91. The molecule has 168 valence electrons. The van der Waals surface area contributed by atoms with Gasteiger partial charge in [-0.05, 0) is 37.6 Å². The van der Waals surface area contributed by atoms with E-state index >= 15 is 0 Å². The second-order valence-electron chi connectivity index (χ2n) is 8.13. The third-order valence-corrected chi connectivity index (χ3v) is 8.51. The van der Waals surface area contributed by atoms with E-state index in [0.29, 0.717) is 23.8 Å². The Bertz CT molecular complexity index is 1040. The van der Waals surface area contributed by atoms with Gasteiger partial charge in [-0.2, -0.15) is 0 Å². The fraction of sp³-hybridized carbons (Fsp3) is 0.571. The molecule has 8 nitrogen and oxygen atoms in total. The molecule has 1 aliphatic heterocycles. The van der Waals surface area contributed by atoms with Gasteiger partial charge in [0.05, 0.1) is 28.5 Å². The first-order valence-corrected chi connectivity index (χ1v) is 13.2. The smallest absolute Gasteiger partial charge is 0.312 e. The van der Waals surface area contributed by atoms with Crippen molar-refractivity contribution in [2.75, 3.05) is 18.1 Å². The normalized spacial score (nSPS) is 20.7. The van der Waals surface area contributed by atoms with Gasteiger partial charge in [-0.25, -0.2) is 13.4 Å². The van der Waals surface area contributed by atoms with Crippen molar-refractivity contribution < 1.29 is 27.2 Å². The van der Waals surface area contributed by atoms with E-state index < -0.39 is 15.8 Å². The molecule has 0 bridgehead atoms. The zero-order valence-corrected chi connectivity index (χ0v) is 19.0. The van der Waals surface area contributed by atoms with Crippen molar-refractivity contribution in [1.82, 2.24) is 9.88 Å². The quantitative estimate of drug-likeness (QED) is 0.578. The highest BCUT2D eigenvalue weighted by Gasteiger charge is 2.39. The zero-order chi connectivity index (χ0) is 22.0. The first-order valence-electron chi connectivity index (χ1n) is 10.5. The summed E-state index contributed by atoms with van der Waals surface area (Å²) in [5.74, 6) is 0.210. The molecule has 4 rings (SSSR count). The van der Waals surface area contributed by atoms with Crippen molar-refractivity contribution in [1.29, 1.82) is 0 Å². The minimum atomic E-state index is -3.12. The van der Waals surface area contributed by atoms with Gasteiger partial charge in [-0.15, -0.1) is 11.3 Å². The predicted molar refractivity (Wildman–Crippen MR) is 115 cm³/mol. The second-order valence-corrected chi connectivity index (χ2v) is 11.3. The Labute approximate surface area is 185 Å². The van der Waals surface area contributed by atoms with Gasteiger partial charge in [-0.1, -0.05) is 18.9 Å². The van der Waals surface area contributed by atoms with Crippen LogP contribution in [0.2, 0.25) is 0 Å². The molecular formula is C21H26N2O6S2. The molecule has 2 aromatic heterocycles. The largest absolute Gasteiger partial charge is 0.455 e. The molecule has 1 saturated heterocycles. The van der Waals surface area contributed by atoms with E-state index in [2.05, 4.69) is 4.98 Å². The summed E-state index contributed by atoms with van der Waals surface area (Å²) < 4.78 is 34.8. The molecule has 3 heterocycles. The van der Waals surface area contributed by atoms with Gasteiger partial charge in [0.2, 0.25) is 5.89 Å². The molecular weight excluding hydrogens is 440 g/mol. The molecule has 1 amide bonds. The van der Waals surface area contributed by atoms with Crippen LogP contribution < -0.4 is 0 Å². The van der Waals surface area contributed by atoms with Crippen molar-refractivity contribution in [3.8, 4) is 10.8 Å². The van der Waals surface area contributed by atoms with Gasteiger partial charge in [0.25, 0.3) is 5.91 Å². The van der Waals surface area contributed by atoms with E-state index in [1.165, 1.54) is 11.3 Å². The number of rotatable bonds is 7. The van der Waals surface area contributed by atoms with Gasteiger partial charge in [-0.3, -0.25) is 9.59 Å². The minimum Gasteiger partial charge on any atom is -0.455 e. The van der Waals surface area contributed by atoms with Gasteiger partial charge >= 0.3 is 5.97 Å². The molecule has 1 saturated carbocycles. The summed E-state index contributed by atoms with van der Waals surface area (Å²) in [6.45, 7) is 1.35. The van der Waals surface area contributed by atoms with Crippen LogP contribution in [0.25, 0.3) is 10.8 Å². The highest BCUT2D eigenvalue weighted by Crippen LogP contribution is 2.29. The van der Waals surface area contributed by atoms with Crippen molar-refractivity contribution in [3.05, 3.63) is 29.0 Å². The number of sulfone groups is 1. The van der Waals surface area contributed by atoms with Gasteiger partial charge in [0, 0.05) is 12.1 Å². The van der Waals surface area contributed by atoms with E-state index in [4.69, 9.17) is 9.15 Å². The Balaban J connectivity index is 1.37.